The Morgan fingerprint density at radius 1 is 1.43 bits per heavy atom. The third kappa shape index (κ3) is 4.56. The first-order valence-electron chi connectivity index (χ1n) is 7.83. The van der Waals surface area contributed by atoms with Gasteiger partial charge in [-0.2, -0.15) is 0 Å². The van der Waals surface area contributed by atoms with Crippen molar-refractivity contribution in [2.45, 2.75) is 51.5 Å². The van der Waals surface area contributed by atoms with Gasteiger partial charge in [0, 0.05) is 25.6 Å². The van der Waals surface area contributed by atoms with Crippen molar-refractivity contribution in [3.63, 3.8) is 0 Å². The summed E-state index contributed by atoms with van der Waals surface area (Å²) in [7, 11) is 0. The minimum Gasteiger partial charge on any atom is -0.351 e. The molecule has 1 aromatic heterocycles. The highest BCUT2D eigenvalue weighted by atomic mass is 32.1. The van der Waals surface area contributed by atoms with Crippen LogP contribution >= 0.6 is 11.3 Å². The van der Waals surface area contributed by atoms with Gasteiger partial charge in [-0.25, -0.2) is 0 Å². The van der Waals surface area contributed by atoms with Crippen LogP contribution in [0.15, 0.2) is 17.5 Å². The van der Waals surface area contributed by atoms with Crippen LogP contribution in [0.3, 0.4) is 0 Å². The fraction of sp³-hybridized carbons (Fsp3) is 0.625. The largest absolute Gasteiger partial charge is 0.351 e. The van der Waals surface area contributed by atoms with Crippen molar-refractivity contribution in [1.82, 2.24) is 10.2 Å². The molecule has 5 heteroatoms. The van der Waals surface area contributed by atoms with E-state index in [2.05, 4.69) is 12.2 Å². The van der Waals surface area contributed by atoms with E-state index in [1.807, 2.05) is 22.4 Å². The molecule has 1 aromatic rings. The van der Waals surface area contributed by atoms with E-state index in [4.69, 9.17) is 0 Å². The second-order valence-electron chi connectivity index (χ2n) is 5.48. The molecule has 1 saturated heterocycles. The van der Waals surface area contributed by atoms with Gasteiger partial charge in [0.25, 0.3) is 5.91 Å². The number of carbonyl (C=O) groups excluding carboxylic acids is 2. The summed E-state index contributed by atoms with van der Waals surface area (Å²) in [5.41, 5.74) is 0. The van der Waals surface area contributed by atoms with E-state index < -0.39 is 0 Å². The van der Waals surface area contributed by atoms with Gasteiger partial charge in [0.1, 0.15) is 0 Å². The van der Waals surface area contributed by atoms with Gasteiger partial charge in [0.2, 0.25) is 5.91 Å². The Morgan fingerprint density at radius 2 is 2.29 bits per heavy atom. The molecular weight excluding hydrogens is 284 g/mol. The molecular formula is C16H24N2O2S. The predicted octanol–water partition coefficient (Wildman–Crippen LogP) is 3.05. The number of nitrogens with zero attached hydrogens (tertiary/aromatic N) is 1. The van der Waals surface area contributed by atoms with E-state index in [0.717, 1.165) is 30.7 Å². The summed E-state index contributed by atoms with van der Waals surface area (Å²) in [6.45, 7) is 3.61. The normalized spacial score (nSPS) is 18.5. The SMILES string of the molecule is CCC1CCCCN1C(=O)CCCNC(=O)c1cccs1. The van der Waals surface area contributed by atoms with Gasteiger partial charge in [-0.3, -0.25) is 9.59 Å². The Balaban J connectivity index is 1.68. The van der Waals surface area contributed by atoms with Gasteiger partial charge in [-0.15, -0.1) is 11.3 Å². The molecule has 0 saturated carbocycles. The van der Waals surface area contributed by atoms with Crippen molar-refractivity contribution in [1.29, 1.82) is 0 Å². The van der Waals surface area contributed by atoms with Crippen LogP contribution in [-0.2, 0) is 4.79 Å². The molecule has 21 heavy (non-hydrogen) atoms. The van der Waals surface area contributed by atoms with Crippen LogP contribution in [0.1, 0.15) is 55.1 Å². The quantitative estimate of drug-likeness (QED) is 0.821. The van der Waals surface area contributed by atoms with E-state index in [9.17, 15) is 9.59 Å². The molecule has 2 amide bonds. The first-order chi connectivity index (χ1) is 10.2. The molecule has 0 radical (unpaired) electrons. The monoisotopic (exact) mass is 308 g/mol. The fourth-order valence-electron chi connectivity index (χ4n) is 2.83. The minimum atomic E-state index is -0.0399. The lowest BCUT2D eigenvalue weighted by Gasteiger charge is -2.35. The van der Waals surface area contributed by atoms with Crippen molar-refractivity contribution in [2.24, 2.45) is 0 Å². The Morgan fingerprint density at radius 3 is 3.00 bits per heavy atom. The first-order valence-corrected chi connectivity index (χ1v) is 8.71. The van der Waals surface area contributed by atoms with Crippen LogP contribution in [-0.4, -0.2) is 35.8 Å². The summed E-state index contributed by atoms with van der Waals surface area (Å²) in [5.74, 6) is 0.203. The third-order valence-corrected chi connectivity index (χ3v) is 4.89. The maximum atomic E-state index is 12.3. The van der Waals surface area contributed by atoms with Gasteiger partial charge in [-0.05, 0) is 43.6 Å². The van der Waals surface area contributed by atoms with E-state index in [1.165, 1.54) is 17.8 Å². The van der Waals surface area contributed by atoms with Crippen LogP contribution < -0.4 is 5.32 Å². The van der Waals surface area contributed by atoms with E-state index in [1.54, 1.807) is 0 Å². The molecule has 1 unspecified atom stereocenters. The van der Waals surface area contributed by atoms with Crippen LogP contribution in [0.4, 0.5) is 0 Å². The Labute approximate surface area is 130 Å². The van der Waals surface area contributed by atoms with Crippen LogP contribution in [0, 0.1) is 0 Å². The summed E-state index contributed by atoms with van der Waals surface area (Å²) >= 11 is 1.43. The number of hydrogen-bond donors (Lipinski definition) is 1. The average molecular weight is 308 g/mol. The molecule has 2 rings (SSSR count). The highest BCUT2D eigenvalue weighted by molar-refractivity contribution is 7.12. The number of likely N-dealkylation sites (tertiary alicyclic amines) is 1. The van der Waals surface area contributed by atoms with Crippen molar-refractivity contribution >= 4 is 23.2 Å². The van der Waals surface area contributed by atoms with E-state index in [-0.39, 0.29) is 11.8 Å². The van der Waals surface area contributed by atoms with Crippen LogP contribution in [0.2, 0.25) is 0 Å². The molecule has 4 nitrogen and oxygen atoms in total. The summed E-state index contributed by atoms with van der Waals surface area (Å²) in [6.07, 6.45) is 5.78. The lowest BCUT2D eigenvalue weighted by molar-refractivity contribution is -0.135. The summed E-state index contributed by atoms with van der Waals surface area (Å²) < 4.78 is 0. The molecule has 1 aliphatic rings. The second kappa shape index (κ2) is 8.17. The van der Waals surface area contributed by atoms with E-state index >= 15 is 0 Å². The number of carbonyl (C=O) groups is 2. The number of thiophene rings is 1. The Hall–Kier alpha value is -1.36. The third-order valence-electron chi connectivity index (χ3n) is 4.02. The zero-order valence-corrected chi connectivity index (χ0v) is 13.5. The molecule has 1 fully saturated rings. The summed E-state index contributed by atoms with van der Waals surface area (Å²) in [6, 6.07) is 4.10. The maximum absolute atomic E-state index is 12.3. The van der Waals surface area contributed by atoms with Crippen LogP contribution in [0.25, 0.3) is 0 Å². The summed E-state index contributed by atoms with van der Waals surface area (Å²) in [4.78, 5) is 26.8. The molecule has 0 bridgehead atoms. The van der Waals surface area contributed by atoms with Crippen molar-refractivity contribution in [3.05, 3.63) is 22.4 Å². The fourth-order valence-corrected chi connectivity index (χ4v) is 3.47. The van der Waals surface area contributed by atoms with Crippen molar-refractivity contribution in [3.8, 4) is 0 Å². The van der Waals surface area contributed by atoms with Gasteiger partial charge in [0.05, 0.1) is 4.88 Å². The molecule has 1 atom stereocenters. The standard InChI is InChI=1S/C16H24N2O2S/c1-2-13-7-3-4-11-18(13)15(19)9-5-10-17-16(20)14-8-6-12-21-14/h6,8,12-13H,2-5,7,9-11H2,1H3,(H,17,20). The smallest absolute Gasteiger partial charge is 0.261 e. The number of hydrogen-bond acceptors (Lipinski definition) is 3. The van der Waals surface area contributed by atoms with Gasteiger partial charge in [-0.1, -0.05) is 13.0 Å². The lowest BCUT2D eigenvalue weighted by atomic mass is 9.99. The summed E-state index contributed by atoms with van der Waals surface area (Å²) in [5, 5.41) is 4.76. The van der Waals surface area contributed by atoms with Crippen molar-refractivity contribution < 1.29 is 9.59 Å². The Bertz CT molecular complexity index is 459. The highest BCUT2D eigenvalue weighted by Gasteiger charge is 2.24. The number of piperidine rings is 1. The highest BCUT2D eigenvalue weighted by Crippen LogP contribution is 2.20. The number of rotatable bonds is 6. The zero-order chi connectivity index (χ0) is 15.1. The van der Waals surface area contributed by atoms with Gasteiger partial charge >= 0.3 is 0 Å². The number of nitrogens with one attached hydrogen (secondary N) is 1. The molecule has 1 aliphatic heterocycles. The molecule has 1 N–H and O–H groups in total. The molecule has 0 aliphatic carbocycles. The molecule has 0 aromatic carbocycles. The average Bonchev–Trinajstić information content (AvgIpc) is 3.05. The van der Waals surface area contributed by atoms with Gasteiger partial charge < -0.3 is 10.2 Å². The Kier molecular flexibility index (Phi) is 6.23. The molecule has 0 spiro atoms. The predicted molar refractivity (Wildman–Crippen MR) is 85.5 cm³/mol. The minimum absolute atomic E-state index is 0.0399. The van der Waals surface area contributed by atoms with Crippen molar-refractivity contribution in [2.75, 3.05) is 13.1 Å². The molecule has 116 valence electrons. The topological polar surface area (TPSA) is 49.4 Å². The maximum Gasteiger partial charge on any atom is 0.261 e. The van der Waals surface area contributed by atoms with Crippen LogP contribution in [0.5, 0.6) is 0 Å². The van der Waals surface area contributed by atoms with Gasteiger partial charge in [0.15, 0.2) is 0 Å². The molecule has 2 heterocycles. The zero-order valence-electron chi connectivity index (χ0n) is 12.6. The van der Waals surface area contributed by atoms with E-state index in [0.29, 0.717) is 25.4 Å². The lowest BCUT2D eigenvalue weighted by Crippen LogP contribution is -2.43. The first kappa shape index (κ1) is 16.0. The second-order valence-corrected chi connectivity index (χ2v) is 6.43. The number of amides is 2.